The predicted octanol–water partition coefficient (Wildman–Crippen LogP) is 5.92. The number of hydrogen-bond acceptors (Lipinski definition) is 7. The van der Waals surface area contributed by atoms with Crippen LogP contribution in [0.3, 0.4) is 0 Å². The van der Waals surface area contributed by atoms with Gasteiger partial charge in [0.25, 0.3) is 0 Å². The first-order valence-electron chi connectivity index (χ1n) is 15.7. The molecule has 10 nitrogen and oxygen atoms in total. The maximum absolute atomic E-state index is 12.6. The Hall–Kier alpha value is -4.96. The smallest absolute Gasteiger partial charge is 0.407 e. The number of nitrogens with zero attached hydrogens (tertiary/aromatic N) is 4. The van der Waals surface area contributed by atoms with Crippen LogP contribution in [0.5, 0.6) is 0 Å². The number of benzene rings is 3. The average Bonchev–Trinajstić information content (AvgIpc) is 3.54. The number of imidazole rings is 1. The van der Waals surface area contributed by atoms with Gasteiger partial charge in [-0.25, -0.2) is 9.78 Å². The zero-order valence-electron chi connectivity index (χ0n) is 27.3. The van der Waals surface area contributed by atoms with E-state index in [-0.39, 0.29) is 12.5 Å². The van der Waals surface area contributed by atoms with Gasteiger partial charge in [-0.15, -0.1) is 0 Å². The summed E-state index contributed by atoms with van der Waals surface area (Å²) in [5.74, 6) is 0.804. The maximum Gasteiger partial charge on any atom is 0.407 e. The summed E-state index contributed by atoms with van der Waals surface area (Å²) in [5, 5.41) is 8.09. The van der Waals surface area contributed by atoms with Crippen LogP contribution >= 0.6 is 0 Å². The lowest BCUT2D eigenvalue weighted by Crippen LogP contribution is -2.43. The molecule has 1 heterocycles. The van der Waals surface area contributed by atoms with Crippen molar-refractivity contribution in [3.05, 3.63) is 84.4 Å². The highest BCUT2D eigenvalue weighted by atomic mass is 16.5. The summed E-state index contributed by atoms with van der Waals surface area (Å²) in [5.41, 5.74) is 6.19. The normalized spacial score (nSPS) is 11.5. The molecule has 3 aromatic carbocycles. The number of amides is 2. The molecule has 0 saturated heterocycles. The fourth-order valence-corrected chi connectivity index (χ4v) is 5.34. The maximum atomic E-state index is 12.6. The minimum absolute atomic E-state index is 0.108. The lowest BCUT2D eigenvalue weighted by Gasteiger charge is -2.23. The second kappa shape index (κ2) is 16.9. The van der Waals surface area contributed by atoms with Crippen LogP contribution in [0.15, 0.2) is 78.1 Å². The molecule has 0 aliphatic rings. The zero-order valence-corrected chi connectivity index (χ0v) is 27.3. The molecule has 0 saturated carbocycles. The number of methoxy groups -OCH3 is 1. The van der Waals surface area contributed by atoms with Gasteiger partial charge in [0.05, 0.1) is 31.2 Å². The number of alkyl carbamates (subject to hydrolysis) is 1. The zero-order chi connectivity index (χ0) is 32.9. The molecule has 4 aromatic rings. The van der Waals surface area contributed by atoms with E-state index in [4.69, 9.17) is 0 Å². The minimum Gasteiger partial charge on any atom is -0.453 e. The van der Waals surface area contributed by atoms with E-state index in [0.29, 0.717) is 19.6 Å². The minimum atomic E-state index is -0.628. The first kappa shape index (κ1) is 33.9. The van der Waals surface area contributed by atoms with Gasteiger partial charge in [-0.05, 0) is 78.3 Å². The number of aromatic nitrogens is 2. The molecular weight excluding hydrogens is 578 g/mol. The van der Waals surface area contributed by atoms with E-state index in [1.807, 2.05) is 13.1 Å². The highest BCUT2D eigenvalue weighted by Gasteiger charge is 2.14. The lowest BCUT2D eigenvalue weighted by molar-refractivity contribution is -0.130. The standard InChI is InChI=1S/C36H45N7O3/c1-6-17-42(4)25-34-39-23-33(41-34)27-10-8-26(9-11-27)28-12-13-30-21-31(15-14-29(30)20-28)32(22-37-3)38-16-19-43(18-7-2)35(44)24-40-36(45)46-5/h8-15,20-23,38H,3,6-7,16-19,24-25H2,1-2,4-5H3,(H,39,41)(H,40,45)/b32-22-. The molecule has 0 radical (unpaired) electrons. The van der Waals surface area contributed by atoms with E-state index in [1.54, 1.807) is 11.1 Å². The van der Waals surface area contributed by atoms with E-state index in [1.165, 1.54) is 7.11 Å². The first-order chi connectivity index (χ1) is 22.3. The van der Waals surface area contributed by atoms with Gasteiger partial charge in [0.15, 0.2) is 0 Å². The van der Waals surface area contributed by atoms with Crippen LogP contribution in [0.1, 0.15) is 38.1 Å². The van der Waals surface area contributed by atoms with Crippen LogP contribution in [-0.4, -0.2) is 85.4 Å². The third kappa shape index (κ3) is 9.28. The molecule has 242 valence electrons. The van der Waals surface area contributed by atoms with Gasteiger partial charge in [0.2, 0.25) is 5.91 Å². The Labute approximate surface area is 271 Å². The number of hydrogen-bond donors (Lipinski definition) is 3. The number of fused-ring (bicyclic) bond motifs is 1. The molecule has 0 fully saturated rings. The van der Waals surface area contributed by atoms with Gasteiger partial charge in [0, 0.05) is 25.8 Å². The molecule has 0 aliphatic carbocycles. The van der Waals surface area contributed by atoms with E-state index in [9.17, 15) is 9.59 Å². The number of H-pyrrole nitrogens is 1. The Morgan fingerprint density at radius 2 is 1.63 bits per heavy atom. The Morgan fingerprint density at radius 1 is 0.935 bits per heavy atom. The van der Waals surface area contributed by atoms with E-state index in [0.717, 1.165) is 76.2 Å². The average molecular weight is 624 g/mol. The Balaban J connectivity index is 1.41. The van der Waals surface area contributed by atoms with E-state index < -0.39 is 6.09 Å². The fraction of sp³-hybridized carbons (Fsp3) is 0.333. The van der Waals surface area contributed by atoms with Crippen LogP contribution in [-0.2, 0) is 16.1 Å². The molecule has 3 N–H and O–H groups in total. The first-order valence-corrected chi connectivity index (χ1v) is 15.7. The molecular formula is C36H45N7O3. The third-order valence-electron chi connectivity index (χ3n) is 7.67. The second-order valence-electron chi connectivity index (χ2n) is 11.2. The molecule has 1 aromatic heterocycles. The molecule has 46 heavy (non-hydrogen) atoms. The van der Waals surface area contributed by atoms with Crippen molar-refractivity contribution in [3.63, 3.8) is 0 Å². The van der Waals surface area contributed by atoms with Gasteiger partial charge in [-0.3, -0.25) is 14.7 Å². The number of carbonyl (C=O) groups is 2. The van der Waals surface area contributed by atoms with Crippen molar-refractivity contribution in [1.29, 1.82) is 0 Å². The largest absolute Gasteiger partial charge is 0.453 e. The monoisotopic (exact) mass is 623 g/mol. The lowest BCUT2D eigenvalue weighted by atomic mass is 9.98. The number of aliphatic imine (C=N–C) groups is 1. The number of ether oxygens (including phenoxy) is 1. The SMILES string of the molecule is C=N/C=C(\NCCN(CCC)C(=O)CNC(=O)OC)c1ccc2cc(-c3ccc(-c4cnc(CN(C)CCC)[nH]4)cc3)ccc2c1. The summed E-state index contributed by atoms with van der Waals surface area (Å²) < 4.78 is 4.56. The second-order valence-corrected chi connectivity index (χ2v) is 11.2. The highest BCUT2D eigenvalue weighted by Crippen LogP contribution is 2.28. The summed E-state index contributed by atoms with van der Waals surface area (Å²) in [6.45, 7) is 11.1. The van der Waals surface area contributed by atoms with Crippen LogP contribution in [0.2, 0.25) is 0 Å². The van der Waals surface area contributed by atoms with Gasteiger partial charge >= 0.3 is 6.09 Å². The van der Waals surface area contributed by atoms with Gasteiger partial charge in [0.1, 0.15) is 12.4 Å². The molecule has 2 amide bonds. The van der Waals surface area contributed by atoms with Crippen molar-refractivity contribution >= 4 is 35.2 Å². The number of aromatic amines is 1. The Morgan fingerprint density at radius 3 is 2.35 bits per heavy atom. The topological polar surface area (TPSA) is 115 Å². The van der Waals surface area contributed by atoms with Crippen LogP contribution in [0, 0.1) is 0 Å². The van der Waals surface area contributed by atoms with E-state index >= 15 is 0 Å². The summed E-state index contributed by atoms with van der Waals surface area (Å²) in [7, 11) is 3.38. The third-order valence-corrected chi connectivity index (χ3v) is 7.67. The fourth-order valence-electron chi connectivity index (χ4n) is 5.34. The Bertz CT molecular complexity index is 1650. The van der Waals surface area contributed by atoms with Crippen molar-refractivity contribution in [1.82, 2.24) is 30.4 Å². The van der Waals surface area contributed by atoms with Crippen molar-refractivity contribution in [2.75, 3.05) is 46.9 Å². The van der Waals surface area contributed by atoms with E-state index in [2.05, 4.69) is 117 Å². The van der Waals surface area contributed by atoms with Crippen molar-refractivity contribution in [2.45, 2.75) is 33.2 Å². The number of rotatable bonds is 16. The molecule has 10 heteroatoms. The van der Waals surface area contributed by atoms with Crippen molar-refractivity contribution in [2.24, 2.45) is 4.99 Å². The quantitative estimate of drug-likeness (QED) is 0.134. The number of carbonyl (C=O) groups excluding carboxylic acids is 2. The van der Waals surface area contributed by atoms with Crippen LogP contribution in [0.4, 0.5) is 4.79 Å². The molecule has 4 rings (SSSR count). The summed E-state index contributed by atoms with van der Waals surface area (Å²) in [6.07, 6.45) is 4.89. The summed E-state index contributed by atoms with van der Waals surface area (Å²) in [4.78, 5) is 40.0. The molecule has 0 aliphatic heterocycles. The highest BCUT2D eigenvalue weighted by molar-refractivity contribution is 5.90. The molecule has 0 bridgehead atoms. The van der Waals surface area contributed by atoms with Crippen molar-refractivity contribution in [3.8, 4) is 22.4 Å². The molecule has 0 spiro atoms. The van der Waals surface area contributed by atoms with Crippen molar-refractivity contribution < 1.29 is 14.3 Å². The summed E-state index contributed by atoms with van der Waals surface area (Å²) >= 11 is 0. The van der Waals surface area contributed by atoms with Gasteiger partial charge in [-0.2, -0.15) is 0 Å². The van der Waals surface area contributed by atoms with Crippen LogP contribution < -0.4 is 10.6 Å². The molecule has 0 unspecified atom stereocenters. The molecule has 0 atom stereocenters. The van der Waals surface area contributed by atoms with Crippen LogP contribution in [0.25, 0.3) is 38.9 Å². The summed E-state index contributed by atoms with van der Waals surface area (Å²) in [6, 6.07) is 21.3. The van der Waals surface area contributed by atoms with Gasteiger partial charge < -0.3 is 25.3 Å². The number of nitrogens with one attached hydrogen (secondary N) is 3. The van der Waals surface area contributed by atoms with Gasteiger partial charge in [-0.1, -0.05) is 62.4 Å². The predicted molar refractivity (Wildman–Crippen MR) is 186 cm³/mol. The Kier molecular flexibility index (Phi) is 12.5.